The van der Waals surface area contributed by atoms with Crippen LogP contribution >= 0.6 is 7.14 Å². The van der Waals surface area contributed by atoms with Crippen molar-refractivity contribution in [1.82, 2.24) is 9.80 Å². The highest BCUT2D eigenvalue weighted by atomic mass is 31.2. The van der Waals surface area contributed by atoms with Gasteiger partial charge in [0.1, 0.15) is 0 Å². The summed E-state index contributed by atoms with van der Waals surface area (Å²) in [6.07, 6.45) is 6.19. The van der Waals surface area contributed by atoms with Gasteiger partial charge in [-0.1, -0.05) is 6.92 Å². The van der Waals surface area contributed by atoms with Crippen LogP contribution in [0.5, 0.6) is 23.0 Å². The lowest BCUT2D eigenvalue weighted by Gasteiger charge is -2.22. The van der Waals surface area contributed by atoms with E-state index in [1.165, 1.54) is 0 Å². The molecule has 2 amide bonds. The molecule has 0 aromatic heterocycles. The lowest BCUT2D eigenvalue weighted by molar-refractivity contribution is 0.0742. The van der Waals surface area contributed by atoms with Crippen LogP contribution < -0.4 is 29.6 Å². The first kappa shape index (κ1) is 31.4. The second-order valence-corrected chi connectivity index (χ2v) is 15.8. The maximum atomic E-state index is 14.0. The fraction of sp³-hybridized carbons (Fsp3) is 0.576. The number of methoxy groups -OCH3 is 2. The van der Waals surface area contributed by atoms with Crippen molar-refractivity contribution < 1.29 is 33.1 Å². The summed E-state index contributed by atoms with van der Waals surface area (Å²) in [7, 11) is 0.494. The van der Waals surface area contributed by atoms with Gasteiger partial charge in [-0.25, -0.2) is 0 Å². The number of benzene rings is 2. The molecule has 4 aliphatic heterocycles. The van der Waals surface area contributed by atoms with Gasteiger partial charge in [-0.15, -0.1) is 0 Å². The molecule has 0 bridgehead atoms. The summed E-state index contributed by atoms with van der Waals surface area (Å²) in [6.45, 7) is 5.49. The summed E-state index contributed by atoms with van der Waals surface area (Å²) in [6, 6.07) is 7.56. The minimum absolute atomic E-state index is 0.0172. The average molecular weight is 641 g/mol. The van der Waals surface area contributed by atoms with Crippen LogP contribution in [0.15, 0.2) is 24.3 Å². The Morgan fingerprint density at radius 2 is 1.20 bits per heavy atom. The first-order chi connectivity index (χ1) is 21.8. The van der Waals surface area contributed by atoms with Gasteiger partial charge in [-0.2, -0.15) is 0 Å². The van der Waals surface area contributed by atoms with E-state index in [0.29, 0.717) is 65.7 Å². The molecule has 2 N–H and O–H groups in total. The van der Waals surface area contributed by atoms with Gasteiger partial charge < -0.3 is 43.9 Å². The summed E-state index contributed by atoms with van der Waals surface area (Å²) < 4.78 is 37.5. The minimum Gasteiger partial charge on any atom is -0.493 e. The van der Waals surface area contributed by atoms with Crippen molar-refractivity contribution in [3.63, 3.8) is 0 Å². The molecule has 0 aliphatic carbocycles. The number of hydrogen-bond acceptors (Lipinski definition) is 9. The largest absolute Gasteiger partial charge is 0.493 e. The van der Waals surface area contributed by atoms with E-state index < -0.39 is 7.14 Å². The zero-order valence-electron chi connectivity index (χ0n) is 26.6. The molecule has 11 nitrogen and oxygen atoms in total. The predicted octanol–water partition coefficient (Wildman–Crippen LogP) is 4.99. The topological polar surface area (TPSA) is 119 Å². The lowest BCUT2D eigenvalue weighted by atomic mass is 10.1. The highest BCUT2D eigenvalue weighted by Gasteiger charge is 2.35. The minimum atomic E-state index is -2.63. The second-order valence-electron chi connectivity index (χ2n) is 12.4. The summed E-state index contributed by atoms with van der Waals surface area (Å²) >= 11 is 0. The molecule has 12 heteroatoms. The lowest BCUT2D eigenvalue weighted by Crippen LogP contribution is -2.36. The highest BCUT2D eigenvalue weighted by Crippen LogP contribution is 2.47. The molecule has 0 radical (unpaired) electrons. The Kier molecular flexibility index (Phi) is 9.36. The van der Waals surface area contributed by atoms with Crippen molar-refractivity contribution >= 4 is 30.3 Å². The molecule has 2 fully saturated rings. The monoisotopic (exact) mass is 640 g/mol. The van der Waals surface area contributed by atoms with Gasteiger partial charge in [-0.3, -0.25) is 9.59 Å². The molecule has 2 atom stereocenters. The van der Waals surface area contributed by atoms with Gasteiger partial charge in [-0.05, 0) is 44.2 Å². The third-order valence-electron chi connectivity index (χ3n) is 9.54. The van der Waals surface area contributed by atoms with Crippen molar-refractivity contribution in [2.45, 2.75) is 51.1 Å². The van der Waals surface area contributed by atoms with E-state index in [4.69, 9.17) is 18.9 Å². The Morgan fingerprint density at radius 1 is 0.733 bits per heavy atom. The standard InChI is InChI=1S/C33H45N4O7P/c1-4-13-45(40,14-11-43-30-18-26-24(16-28(30)41-2)32(38)36-9-5-7-22(36)20-34-26)15-12-44-31-19-27-25(17-29(31)42-3)33(39)37-10-6-8-23(37)21-35-27/h16-19,22-23,34-35H,4-15,20-21H2,1-3H3/t22-,23-/m0/s1. The number of anilines is 2. The smallest absolute Gasteiger partial charge is 0.256 e. The van der Waals surface area contributed by atoms with Crippen molar-refractivity contribution in [1.29, 1.82) is 0 Å². The van der Waals surface area contributed by atoms with Gasteiger partial charge in [0.25, 0.3) is 11.8 Å². The summed E-state index contributed by atoms with van der Waals surface area (Å²) in [5.74, 6) is 2.05. The number of carbonyl (C=O) groups excluding carboxylic acids is 2. The number of nitrogens with one attached hydrogen (secondary N) is 2. The van der Waals surface area contributed by atoms with Gasteiger partial charge in [0.2, 0.25) is 0 Å². The molecule has 244 valence electrons. The van der Waals surface area contributed by atoms with Crippen molar-refractivity contribution in [3.8, 4) is 23.0 Å². The zero-order chi connectivity index (χ0) is 31.6. The van der Waals surface area contributed by atoms with Crippen molar-refractivity contribution in [3.05, 3.63) is 35.4 Å². The van der Waals surface area contributed by atoms with E-state index in [2.05, 4.69) is 10.6 Å². The van der Waals surface area contributed by atoms with Crippen LogP contribution in [0.4, 0.5) is 11.4 Å². The Bertz CT molecular complexity index is 1380. The Hall–Kier alpha value is -3.59. The first-order valence-corrected chi connectivity index (χ1v) is 18.5. The zero-order valence-corrected chi connectivity index (χ0v) is 27.5. The number of hydrogen-bond donors (Lipinski definition) is 2. The number of nitrogens with zero attached hydrogens (tertiary/aromatic N) is 2. The molecular weight excluding hydrogens is 595 g/mol. The molecule has 0 unspecified atom stereocenters. The molecule has 2 saturated heterocycles. The van der Waals surface area contributed by atoms with Gasteiger partial charge in [0.15, 0.2) is 23.0 Å². The maximum absolute atomic E-state index is 14.0. The molecule has 4 aliphatic rings. The van der Waals surface area contributed by atoms with Crippen molar-refractivity contribution in [2.24, 2.45) is 0 Å². The quantitative estimate of drug-likeness (QED) is 0.309. The molecule has 0 saturated carbocycles. The molecule has 2 aromatic rings. The third-order valence-corrected chi connectivity index (χ3v) is 12.8. The fourth-order valence-corrected chi connectivity index (χ4v) is 9.43. The predicted molar refractivity (Wildman–Crippen MR) is 175 cm³/mol. The van der Waals surface area contributed by atoms with Crippen LogP contribution in [-0.4, -0.2) is 106 Å². The van der Waals surface area contributed by atoms with E-state index in [0.717, 1.165) is 56.6 Å². The highest BCUT2D eigenvalue weighted by molar-refractivity contribution is 7.63. The summed E-state index contributed by atoms with van der Waals surface area (Å²) in [5.41, 5.74) is 2.65. The summed E-state index contributed by atoms with van der Waals surface area (Å²) in [5, 5.41) is 6.86. The number of rotatable bonds is 12. The number of fused-ring (bicyclic) bond motifs is 4. The number of ether oxygens (including phenoxy) is 4. The fourth-order valence-electron chi connectivity index (χ4n) is 7.09. The van der Waals surface area contributed by atoms with E-state index in [1.807, 2.05) is 28.9 Å². The number of amides is 2. The molecule has 45 heavy (non-hydrogen) atoms. The van der Waals surface area contributed by atoms with Crippen LogP contribution in [-0.2, 0) is 4.57 Å². The summed E-state index contributed by atoms with van der Waals surface area (Å²) in [4.78, 5) is 30.3. The Labute approximate surface area is 265 Å². The van der Waals surface area contributed by atoms with Crippen LogP contribution in [0, 0.1) is 0 Å². The SMILES string of the molecule is CCCP(=O)(CCOc1cc2c(cc1OC)C(=O)N1CCC[C@H]1CN2)CCOc1cc2c(cc1OC)C(=O)N1CCC[C@H]1CN2. The van der Waals surface area contributed by atoms with E-state index in [9.17, 15) is 14.2 Å². The Morgan fingerprint density at radius 3 is 1.62 bits per heavy atom. The number of carbonyl (C=O) groups is 2. The molecule has 0 spiro atoms. The van der Waals surface area contributed by atoms with Crippen LogP contribution in [0.25, 0.3) is 0 Å². The normalized spacial score (nSPS) is 20.6. The van der Waals surface area contributed by atoms with Gasteiger partial charge >= 0.3 is 0 Å². The maximum Gasteiger partial charge on any atom is 0.256 e. The third kappa shape index (κ3) is 6.41. The molecule has 4 heterocycles. The van der Waals surface area contributed by atoms with E-state index in [1.54, 1.807) is 26.4 Å². The first-order valence-electron chi connectivity index (χ1n) is 16.2. The Balaban J connectivity index is 1.09. The molecule has 6 rings (SSSR count). The van der Waals surface area contributed by atoms with E-state index >= 15 is 0 Å². The molecule has 2 aromatic carbocycles. The van der Waals surface area contributed by atoms with Gasteiger partial charge in [0.05, 0.1) is 57.1 Å². The molecular formula is C33H45N4O7P. The average Bonchev–Trinajstić information content (AvgIpc) is 3.67. The van der Waals surface area contributed by atoms with Crippen LogP contribution in [0.2, 0.25) is 0 Å². The van der Waals surface area contributed by atoms with Gasteiger partial charge in [0, 0.05) is 68.9 Å². The van der Waals surface area contributed by atoms with Crippen molar-refractivity contribution in [2.75, 3.05) is 82.7 Å². The van der Waals surface area contributed by atoms with Crippen LogP contribution in [0.3, 0.4) is 0 Å². The van der Waals surface area contributed by atoms with E-state index in [-0.39, 0.29) is 37.1 Å². The second kappa shape index (κ2) is 13.4. The van der Waals surface area contributed by atoms with Crippen LogP contribution in [0.1, 0.15) is 59.7 Å².